The Hall–Kier alpha value is -1.03. The summed E-state index contributed by atoms with van der Waals surface area (Å²) in [6, 6.07) is 0.776. The van der Waals surface area contributed by atoms with Crippen LogP contribution in [0, 0.1) is 0 Å². The van der Waals surface area contributed by atoms with Crippen LogP contribution < -0.4 is 11.1 Å². The number of primary amides is 1. The molecule has 3 N–H and O–H groups in total. The number of carbonyl (C=O) groups is 1. The van der Waals surface area contributed by atoms with Crippen molar-refractivity contribution in [2.24, 2.45) is 5.73 Å². The highest BCUT2D eigenvalue weighted by Crippen LogP contribution is 2.12. The smallest absolute Gasteiger partial charge is 0.314 e. The van der Waals surface area contributed by atoms with Gasteiger partial charge in [0.05, 0.1) is 0 Å². The highest BCUT2D eigenvalue weighted by molar-refractivity contribution is 5.72. The average molecular weight is 253 g/mol. The number of likely N-dealkylation sites (tertiary alicyclic amines) is 1. The molecule has 0 radical (unpaired) electrons. The molecule has 104 valence electrons. The van der Waals surface area contributed by atoms with E-state index in [1.54, 1.807) is 4.90 Å². The zero-order valence-corrected chi connectivity index (χ0v) is 11.9. The van der Waals surface area contributed by atoms with Crippen molar-refractivity contribution >= 4 is 6.03 Å². The van der Waals surface area contributed by atoms with Gasteiger partial charge in [-0.15, -0.1) is 0 Å². The summed E-state index contributed by atoms with van der Waals surface area (Å²) in [5.74, 6) is 0. The molecule has 0 unspecified atom stereocenters. The predicted molar refractivity (Wildman–Crippen MR) is 75.4 cm³/mol. The van der Waals surface area contributed by atoms with Crippen LogP contribution in [-0.4, -0.2) is 36.1 Å². The third-order valence-electron chi connectivity index (χ3n) is 3.48. The van der Waals surface area contributed by atoms with Crippen LogP contribution in [0.3, 0.4) is 0 Å². The second kappa shape index (κ2) is 7.41. The first kappa shape index (κ1) is 15.0. The fourth-order valence-electron chi connectivity index (χ4n) is 2.37. The number of carbonyl (C=O) groups excluding carboxylic acids is 1. The van der Waals surface area contributed by atoms with E-state index in [1.807, 2.05) is 0 Å². The molecule has 0 aromatic rings. The fourth-order valence-corrected chi connectivity index (χ4v) is 2.37. The van der Waals surface area contributed by atoms with Gasteiger partial charge in [0.1, 0.15) is 0 Å². The van der Waals surface area contributed by atoms with E-state index in [2.05, 4.69) is 32.2 Å². The van der Waals surface area contributed by atoms with Gasteiger partial charge in [0.25, 0.3) is 0 Å². The van der Waals surface area contributed by atoms with Crippen LogP contribution in [0.2, 0.25) is 0 Å². The van der Waals surface area contributed by atoms with Gasteiger partial charge in [-0.25, -0.2) is 4.79 Å². The number of hydrogen-bond donors (Lipinski definition) is 2. The molecule has 4 nitrogen and oxygen atoms in total. The van der Waals surface area contributed by atoms with Crippen molar-refractivity contribution in [2.75, 3.05) is 13.1 Å². The monoisotopic (exact) mass is 253 g/mol. The Morgan fingerprint density at radius 2 is 2.06 bits per heavy atom. The summed E-state index contributed by atoms with van der Waals surface area (Å²) in [5.41, 5.74) is 6.65. The number of nitrogens with zero attached hydrogens (tertiary/aromatic N) is 1. The molecular formula is C14H27N3O. The lowest BCUT2D eigenvalue weighted by atomic mass is 10.0. The second-order valence-corrected chi connectivity index (χ2v) is 5.53. The molecule has 1 rings (SSSR count). The maximum absolute atomic E-state index is 11.0. The third-order valence-corrected chi connectivity index (χ3v) is 3.48. The summed E-state index contributed by atoms with van der Waals surface area (Å²) in [4.78, 5) is 12.7. The van der Waals surface area contributed by atoms with Crippen LogP contribution >= 0.6 is 0 Å². The first-order valence-electron chi connectivity index (χ1n) is 6.93. The Balaban J connectivity index is 2.20. The van der Waals surface area contributed by atoms with Gasteiger partial charge in [0.15, 0.2) is 0 Å². The maximum atomic E-state index is 11.0. The molecule has 1 fully saturated rings. The van der Waals surface area contributed by atoms with Crippen molar-refractivity contribution < 1.29 is 4.79 Å². The zero-order valence-electron chi connectivity index (χ0n) is 11.9. The van der Waals surface area contributed by atoms with Gasteiger partial charge in [0.2, 0.25) is 0 Å². The van der Waals surface area contributed by atoms with Crippen LogP contribution in [0.25, 0.3) is 0 Å². The number of piperidine rings is 1. The molecule has 0 bridgehead atoms. The Labute approximate surface area is 111 Å². The molecule has 4 heteroatoms. The zero-order chi connectivity index (χ0) is 13.5. The molecule has 1 heterocycles. The summed E-state index contributed by atoms with van der Waals surface area (Å²) >= 11 is 0. The lowest BCUT2D eigenvalue weighted by Crippen LogP contribution is -2.48. The van der Waals surface area contributed by atoms with Crippen molar-refractivity contribution in [2.45, 2.75) is 58.5 Å². The molecule has 1 atom stereocenters. The van der Waals surface area contributed by atoms with Crippen molar-refractivity contribution in [3.63, 3.8) is 0 Å². The Kier molecular flexibility index (Phi) is 6.19. The van der Waals surface area contributed by atoms with E-state index in [4.69, 9.17) is 5.73 Å². The maximum Gasteiger partial charge on any atom is 0.314 e. The van der Waals surface area contributed by atoms with Crippen LogP contribution in [0.1, 0.15) is 46.5 Å². The average Bonchev–Trinajstić information content (AvgIpc) is 2.29. The van der Waals surface area contributed by atoms with Crippen molar-refractivity contribution in [3.05, 3.63) is 11.6 Å². The highest BCUT2D eigenvalue weighted by Gasteiger charge is 2.21. The second-order valence-electron chi connectivity index (χ2n) is 5.53. The SMILES string of the molecule is CC(C)=CCC[C@@H](C)NC1CCN(C(N)=O)CC1. The highest BCUT2D eigenvalue weighted by atomic mass is 16.2. The summed E-state index contributed by atoms with van der Waals surface area (Å²) in [5, 5.41) is 3.64. The number of amides is 2. The van der Waals surface area contributed by atoms with Crippen molar-refractivity contribution in [3.8, 4) is 0 Å². The normalized spacial score (nSPS) is 18.5. The molecule has 1 aliphatic heterocycles. The third kappa shape index (κ3) is 5.54. The minimum Gasteiger partial charge on any atom is -0.351 e. The first-order valence-corrected chi connectivity index (χ1v) is 6.93. The molecule has 0 aromatic carbocycles. The summed E-state index contributed by atoms with van der Waals surface area (Å²) < 4.78 is 0. The predicted octanol–water partition coefficient (Wildman–Crippen LogP) is 2.25. The minimum atomic E-state index is -0.287. The van der Waals surface area contributed by atoms with Crippen molar-refractivity contribution in [1.29, 1.82) is 0 Å². The van der Waals surface area contributed by atoms with E-state index in [0.29, 0.717) is 12.1 Å². The van der Waals surface area contributed by atoms with E-state index < -0.39 is 0 Å². The van der Waals surface area contributed by atoms with Gasteiger partial charge in [-0.2, -0.15) is 0 Å². The van der Waals surface area contributed by atoms with Crippen LogP contribution in [0.4, 0.5) is 4.79 Å². The standard InChI is InChI=1S/C14H27N3O/c1-11(2)5-4-6-12(3)16-13-7-9-17(10-8-13)14(15)18/h5,12-13,16H,4,6-10H2,1-3H3,(H2,15,18)/t12-/m1/s1. The largest absolute Gasteiger partial charge is 0.351 e. The lowest BCUT2D eigenvalue weighted by molar-refractivity contribution is 0.182. The Morgan fingerprint density at radius 1 is 1.44 bits per heavy atom. The van der Waals surface area contributed by atoms with Crippen LogP contribution in [-0.2, 0) is 0 Å². The molecule has 2 amide bonds. The van der Waals surface area contributed by atoms with E-state index in [1.165, 1.54) is 12.0 Å². The molecule has 0 aromatic heterocycles. The van der Waals surface area contributed by atoms with Crippen LogP contribution in [0.15, 0.2) is 11.6 Å². The molecule has 0 saturated carbocycles. The fraction of sp³-hybridized carbons (Fsp3) is 0.786. The summed E-state index contributed by atoms with van der Waals surface area (Å²) in [6.07, 6.45) is 6.61. The summed E-state index contributed by atoms with van der Waals surface area (Å²) in [6.45, 7) is 8.08. The molecular weight excluding hydrogens is 226 g/mol. The number of nitrogens with one attached hydrogen (secondary N) is 1. The van der Waals surface area contributed by atoms with E-state index in [-0.39, 0.29) is 6.03 Å². The molecule has 0 aliphatic carbocycles. The lowest BCUT2D eigenvalue weighted by Gasteiger charge is -2.33. The van der Waals surface area contributed by atoms with Gasteiger partial charge >= 0.3 is 6.03 Å². The number of rotatable bonds is 5. The quantitative estimate of drug-likeness (QED) is 0.738. The van der Waals surface area contributed by atoms with E-state index in [0.717, 1.165) is 32.4 Å². The number of urea groups is 1. The molecule has 1 saturated heterocycles. The Morgan fingerprint density at radius 3 is 2.56 bits per heavy atom. The summed E-state index contributed by atoms with van der Waals surface area (Å²) in [7, 11) is 0. The van der Waals surface area contributed by atoms with Gasteiger partial charge in [-0.3, -0.25) is 0 Å². The van der Waals surface area contributed by atoms with Crippen LogP contribution in [0.5, 0.6) is 0 Å². The molecule has 0 spiro atoms. The van der Waals surface area contributed by atoms with E-state index >= 15 is 0 Å². The van der Waals surface area contributed by atoms with Gasteiger partial charge < -0.3 is 16.0 Å². The minimum absolute atomic E-state index is 0.287. The van der Waals surface area contributed by atoms with Gasteiger partial charge in [-0.1, -0.05) is 11.6 Å². The topological polar surface area (TPSA) is 58.4 Å². The van der Waals surface area contributed by atoms with Crippen molar-refractivity contribution in [1.82, 2.24) is 10.2 Å². The number of nitrogens with two attached hydrogens (primary N) is 1. The van der Waals surface area contributed by atoms with Gasteiger partial charge in [-0.05, 0) is 46.5 Å². The molecule has 18 heavy (non-hydrogen) atoms. The van der Waals surface area contributed by atoms with E-state index in [9.17, 15) is 4.79 Å². The Bertz CT molecular complexity index is 289. The number of allylic oxidation sites excluding steroid dienone is 2. The molecule has 1 aliphatic rings. The first-order chi connectivity index (χ1) is 8.49. The van der Waals surface area contributed by atoms with Gasteiger partial charge in [0, 0.05) is 25.2 Å². The number of hydrogen-bond acceptors (Lipinski definition) is 2.